The summed E-state index contributed by atoms with van der Waals surface area (Å²) in [6, 6.07) is 18.5. The van der Waals surface area contributed by atoms with Gasteiger partial charge < -0.3 is 11.1 Å². The fourth-order valence-electron chi connectivity index (χ4n) is 2.53. The van der Waals surface area contributed by atoms with Gasteiger partial charge in [0, 0.05) is 35.6 Å². The van der Waals surface area contributed by atoms with E-state index in [0.717, 1.165) is 16.7 Å². The Morgan fingerprint density at radius 2 is 1.80 bits per heavy atom. The number of nitrogens with one attached hydrogen (secondary N) is 2. The Morgan fingerprint density at radius 3 is 2.48 bits per heavy atom. The monoisotopic (exact) mass is 330 g/mol. The van der Waals surface area contributed by atoms with E-state index in [-0.39, 0.29) is 11.7 Å². The van der Waals surface area contributed by atoms with Crippen LogP contribution < -0.4 is 11.1 Å². The maximum atomic E-state index is 12.6. The molecule has 1 aromatic heterocycles. The molecule has 0 aliphatic carbocycles. The Morgan fingerprint density at radius 1 is 1.04 bits per heavy atom. The molecule has 0 saturated heterocycles. The maximum absolute atomic E-state index is 12.6. The highest BCUT2D eigenvalue weighted by Crippen LogP contribution is 2.22. The van der Waals surface area contributed by atoms with Crippen molar-refractivity contribution in [3.05, 3.63) is 89.7 Å². The van der Waals surface area contributed by atoms with Crippen molar-refractivity contribution in [3.8, 4) is 11.1 Å². The predicted molar refractivity (Wildman–Crippen MR) is 98.3 cm³/mol. The topological polar surface area (TPSA) is 91.9 Å². The number of nitrogens with zero attached hydrogens (tertiary/aromatic N) is 1. The van der Waals surface area contributed by atoms with Gasteiger partial charge in [-0.3, -0.25) is 15.2 Å². The number of rotatable bonds is 5. The molecule has 0 fully saturated rings. The number of nitrogen functional groups attached to an aromatic ring is 1. The first-order chi connectivity index (χ1) is 12.1. The first-order valence-corrected chi connectivity index (χ1v) is 7.86. The molecule has 3 aromatic rings. The highest BCUT2D eigenvalue weighted by atomic mass is 16.1. The molecule has 0 saturated carbocycles. The number of benzene rings is 2. The summed E-state index contributed by atoms with van der Waals surface area (Å²) in [5.74, 6) is -0.115. The van der Waals surface area contributed by atoms with E-state index in [4.69, 9.17) is 11.1 Å². The Labute approximate surface area is 146 Å². The van der Waals surface area contributed by atoms with Gasteiger partial charge in [-0.05, 0) is 23.3 Å². The average Bonchev–Trinajstić information content (AvgIpc) is 2.67. The minimum atomic E-state index is -0.143. The standard InChI is InChI=1S/C20H18N4O/c21-19(22)15-9-7-14(8-10-15)12-24-20(25)18-6-2-1-5-17(18)16-4-3-11-23-13-16/h1-11,13H,12H2,(H3,21,22)(H,24,25). The van der Waals surface area contributed by atoms with Crippen molar-refractivity contribution in [2.24, 2.45) is 5.73 Å². The van der Waals surface area contributed by atoms with Crippen molar-refractivity contribution in [1.29, 1.82) is 5.41 Å². The largest absolute Gasteiger partial charge is 0.384 e. The van der Waals surface area contributed by atoms with Gasteiger partial charge in [0.1, 0.15) is 5.84 Å². The normalized spacial score (nSPS) is 10.2. The second kappa shape index (κ2) is 7.40. The van der Waals surface area contributed by atoms with Gasteiger partial charge in [0.05, 0.1) is 0 Å². The first-order valence-electron chi connectivity index (χ1n) is 7.86. The van der Waals surface area contributed by atoms with Crippen molar-refractivity contribution >= 4 is 11.7 Å². The molecule has 0 atom stereocenters. The van der Waals surface area contributed by atoms with Crippen LogP contribution in [-0.2, 0) is 6.54 Å². The number of carbonyl (C=O) groups excluding carboxylic acids is 1. The summed E-state index contributed by atoms with van der Waals surface area (Å²) in [7, 11) is 0. The Balaban J connectivity index is 1.75. The molecule has 3 rings (SSSR count). The van der Waals surface area contributed by atoms with Crippen LogP contribution in [0.2, 0.25) is 0 Å². The fourth-order valence-corrected chi connectivity index (χ4v) is 2.53. The molecule has 5 heteroatoms. The smallest absolute Gasteiger partial charge is 0.252 e. The Hall–Kier alpha value is -3.47. The van der Waals surface area contributed by atoms with Crippen LogP contribution in [0.3, 0.4) is 0 Å². The second-order valence-corrected chi connectivity index (χ2v) is 5.58. The molecule has 4 N–H and O–H groups in total. The SMILES string of the molecule is N=C(N)c1ccc(CNC(=O)c2ccccc2-c2cccnc2)cc1. The molecule has 25 heavy (non-hydrogen) atoms. The van der Waals surface area contributed by atoms with Gasteiger partial charge in [0.15, 0.2) is 0 Å². The van der Waals surface area contributed by atoms with Crippen LogP contribution in [0.15, 0.2) is 73.1 Å². The zero-order valence-corrected chi connectivity index (χ0v) is 13.6. The molecule has 1 amide bonds. The molecule has 5 nitrogen and oxygen atoms in total. The minimum Gasteiger partial charge on any atom is -0.384 e. The number of nitrogens with two attached hydrogens (primary N) is 1. The third kappa shape index (κ3) is 3.90. The summed E-state index contributed by atoms with van der Waals surface area (Å²) >= 11 is 0. The van der Waals surface area contributed by atoms with E-state index in [0.29, 0.717) is 17.7 Å². The third-order valence-electron chi connectivity index (χ3n) is 3.86. The molecule has 2 aromatic carbocycles. The highest BCUT2D eigenvalue weighted by Gasteiger charge is 2.12. The summed E-state index contributed by atoms with van der Waals surface area (Å²) in [6.45, 7) is 0.401. The van der Waals surface area contributed by atoms with Crippen molar-refractivity contribution in [3.63, 3.8) is 0 Å². The molecule has 124 valence electrons. The number of carbonyl (C=O) groups is 1. The third-order valence-corrected chi connectivity index (χ3v) is 3.86. The molecule has 0 radical (unpaired) electrons. The Kier molecular flexibility index (Phi) is 4.85. The van der Waals surface area contributed by atoms with Crippen molar-refractivity contribution in [2.45, 2.75) is 6.54 Å². The van der Waals surface area contributed by atoms with Gasteiger partial charge in [-0.1, -0.05) is 48.5 Å². The highest BCUT2D eigenvalue weighted by molar-refractivity contribution is 6.00. The number of hydrogen-bond donors (Lipinski definition) is 3. The van der Waals surface area contributed by atoms with E-state index in [1.165, 1.54) is 0 Å². The van der Waals surface area contributed by atoms with Gasteiger partial charge in [-0.2, -0.15) is 0 Å². The van der Waals surface area contributed by atoms with Crippen LogP contribution in [0, 0.1) is 5.41 Å². The molecular formula is C20H18N4O. The fraction of sp³-hybridized carbons (Fsp3) is 0.0500. The summed E-state index contributed by atoms with van der Waals surface area (Å²) in [6.07, 6.45) is 3.45. The van der Waals surface area contributed by atoms with E-state index < -0.39 is 0 Å². The van der Waals surface area contributed by atoms with Crippen LogP contribution in [-0.4, -0.2) is 16.7 Å². The Bertz CT molecular complexity index is 889. The van der Waals surface area contributed by atoms with E-state index >= 15 is 0 Å². The molecule has 0 spiro atoms. The molecule has 0 aliphatic heterocycles. The summed E-state index contributed by atoms with van der Waals surface area (Å²) in [5.41, 5.74) is 9.40. The van der Waals surface area contributed by atoms with Crippen LogP contribution in [0.4, 0.5) is 0 Å². The van der Waals surface area contributed by atoms with Crippen molar-refractivity contribution in [1.82, 2.24) is 10.3 Å². The van der Waals surface area contributed by atoms with Gasteiger partial charge in [-0.25, -0.2) is 0 Å². The van der Waals surface area contributed by atoms with E-state index in [1.807, 2.05) is 42.5 Å². The van der Waals surface area contributed by atoms with Crippen LogP contribution in [0.25, 0.3) is 11.1 Å². The van der Waals surface area contributed by atoms with E-state index in [2.05, 4.69) is 10.3 Å². The summed E-state index contributed by atoms with van der Waals surface area (Å²) in [5, 5.41) is 10.3. The lowest BCUT2D eigenvalue weighted by Crippen LogP contribution is -2.23. The van der Waals surface area contributed by atoms with Crippen LogP contribution in [0.1, 0.15) is 21.5 Å². The zero-order valence-electron chi connectivity index (χ0n) is 13.6. The van der Waals surface area contributed by atoms with E-state index in [9.17, 15) is 4.79 Å². The number of amides is 1. The van der Waals surface area contributed by atoms with Gasteiger partial charge in [0.2, 0.25) is 0 Å². The molecule has 0 bridgehead atoms. The lowest BCUT2D eigenvalue weighted by Gasteiger charge is -2.10. The van der Waals surface area contributed by atoms with Crippen molar-refractivity contribution in [2.75, 3.05) is 0 Å². The van der Waals surface area contributed by atoms with Crippen LogP contribution >= 0.6 is 0 Å². The number of aromatic nitrogens is 1. The maximum Gasteiger partial charge on any atom is 0.252 e. The van der Waals surface area contributed by atoms with Crippen LogP contribution in [0.5, 0.6) is 0 Å². The molecular weight excluding hydrogens is 312 g/mol. The number of hydrogen-bond acceptors (Lipinski definition) is 3. The lowest BCUT2D eigenvalue weighted by molar-refractivity contribution is 0.0951. The molecule has 0 aliphatic rings. The molecule has 0 unspecified atom stereocenters. The van der Waals surface area contributed by atoms with Crippen molar-refractivity contribution < 1.29 is 4.79 Å². The van der Waals surface area contributed by atoms with Gasteiger partial charge in [0.25, 0.3) is 5.91 Å². The number of amidine groups is 1. The average molecular weight is 330 g/mol. The van der Waals surface area contributed by atoms with Gasteiger partial charge >= 0.3 is 0 Å². The first kappa shape index (κ1) is 16.4. The zero-order chi connectivity index (χ0) is 17.6. The second-order valence-electron chi connectivity index (χ2n) is 5.58. The minimum absolute atomic E-state index is 0.0287. The molecule has 1 heterocycles. The summed E-state index contributed by atoms with van der Waals surface area (Å²) in [4.78, 5) is 16.7. The van der Waals surface area contributed by atoms with E-state index in [1.54, 1.807) is 30.6 Å². The summed E-state index contributed by atoms with van der Waals surface area (Å²) < 4.78 is 0. The van der Waals surface area contributed by atoms with Gasteiger partial charge in [-0.15, -0.1) is 0 Å². The lowest BCUT2D eigenvalue weighted by atomic mass is 10.0. The number of pyridine rings is 1. The predicted octanol–water partition coefficient (Wildman–Crippen LogP) is 2.96. The quantitative estimate of drug-likeness (QED) is 0.496.